The molecule has 0 saturated heterocycles. The number of thiazole rings is 1. The van der Waals surface area contributed by atoms with Crippen LogP contribution in [-0.2, 0) is 14.3 Å². The second-order valence-corrected chi connectivity index (χ2v) is 12.6. The topological polar surface area (TPSA) is 114 Å². The van der Waals surface area contributed by atoms with Crippen LogP contribution in [0.25, 0.3) is 23.0 Å². The molecule has 0 bridgehead atoms. The van der Waals surface area contributed by atoms with Gasteiger partial charge in [-0.25, -0.2) is 19.3 Å². The van der Waals surface area contributed by atoms with Gasteiger partial charge in [0.05, 0.1) is 58.4 Å². The zero-order valence-electron chi connectivity index (χ0n) is 26.8. The molecule has 0 spiro atoms. The molecule has 0 radical (unpaired) electrons. The number of aromatic nitrogens is 3. The molecule has 10 nitrogen and oxygen atoms in total. The number of methoxy groups -OCH3 is 2. The number of carbonyl (C=O) groups is 2. The number of halogens is 1. The molecule has 0 amide bonds. The number of esters is 2. The summed E-state index contributed by atoms with van der Waals surface area (Å²) in [4.78, 5) is 45.1. The molecule has 0 fully saturated rings. The highest BCUT2D eigenvalue weighted by atomic mass is 35.5. The first-order valence-corrected chi connectivity index (χ1v) is 16.2. The molecule has 0 aliphatic carbocycles. The average molecular weight is 683 g/mol. The Hall–Kier alpha value is -5.26. The lowest BCUT2D eigenvalue weighted by molar-refractivity contribution is -0.143. The highest BCUT2D eigenvalue weighted by Crippen LogP contribution is 2.33. The van der Waals surface area contributed by atoms with E-state index in [0.717, 1.165) is 11.3 Å². The number of hydrogen-bond donors (Lipinski definition) is 0. The minimum absolute atomic E-state index is 0.235. The van der Waals surface area contributed by atoms with Crippen molar-refractivity contribution < 1.29 is 23.8 Å². The van der Waals surface area contributed by atoms with Gasteiger partial charge in [0.25, 0.3) is 5.56 Å². The van der Waals surface area contributed by atoms with Crippen LogP contribution in [0.4, 0.5) is 0 Å². The molecular weight excluding hydrogens is 652 g/mol. The van der Waals surface area contributed by atoms with Gasteiger partial charge >= 0.3 is 11.9 Å². The van der Waals surface area contributed by atoms with E-state index in [-0.39, 0.29) is 11.1 Å². The normalized spacial score (nSPS) is 14.5. The molecule has 3 aromatic carbocycles. The molecule has 244 valence electrons. The molecule has 12 heteroatoms. The second kappa shape index (κ2) is 13.5. The van der Waals surface area contributed by atoms with Gasteiger partial charge in [0.1, 0.15) is 11.4 Å². The quantitative estimate of drug-likeness (QED) is 0.199. The van der Waals surface area contributed by atoms with E-state index >= 15 is 0 Å². The highest BCUT2D eigenvalue weighted by molar-refractivity contribution is 7.07. The van der Waals surface area contributed by atoms with Gasteiger partial charge in [0, 0.05) is 17.3 Å². The first-order valence-electron chi connectivity index (χ1n) is 15.0. The number of hydrogen-bond acceptors (Lipinski definition) is 9. The third-order valence-corrected chi connectivity index (χ3v) is 8.99. The Balaban J connectivity index is 1.55. The van der Waals surface area contributed by atoms with Gasteiger partial charge in [-0.1, -0.05) is 53.3 Å². The van der Waals surface area contributed by atoms with E-state index in [1.807, 2.05) is 42.6 Å². The minimum Gasteiger partial charge on any atom is -0.495 e. The maximum Gasteiger partial charge on any atom is 0.338 e. The SMILES string of the molecule is COC(=O)c1ccc(C2C(C(=O)OC(C)C)=C(C)N=c3sc(=Cc4cn(-c5ccccc5)nc4-c4ccc(OC)c(Cl)c4)c(=O)n32)cc1. The third-order valence-electron chi connectivity index (χ3n) is 7.71. The van der Waals surface area contributed by atoms with Gasteiger partial charge < -0.3 is 14.2 Å². The van der Waals surface area contributed by atoms with Crippen LogP contribution in [0.2, 0.25) is 5.02 Å². The molecule has 2 aromatic heterocycles. The van der Waals surface area contributed by atoms with E-state index in [1.165, 1.54) is 23.0 Å². The van der Waals surface area contributed by atoms with Crippen molar-refractivity contribution in [1.29, 1.82) is 0 Å². The van der Waals surface area contributed by atoms with Crippen molar-refractivity contribution >= 4 is 41.0 Å². The van der Waals surface area contributed by atoms with Crippen molar-refractivity contribution in [2.24, 2.45) is 4.99 Å². The lowest BCUT2D eigenvalue weighted by Gasteiger charge is -2.25. The largest absolute Gasteiger partial charge is 0.495 e. The predicted molar refractivity (Wildman–Crippen MR) is 183 cm³/mol. The maximum atomic E-state index is 14.4. The summed E-state index contributed by atoms with van der Waals surface area (Å²) >= 11 is 7.70. The van der Waals surface area contributed by atoms with E-state index in [4.69, 9.17) is 35.9 Å². The monoisotopic (exact) mass is 682 g/mol. The Morgan fingerprint density at radius 3 is 2.38 bits per heavy atom. The van der Waals surface area contributed by atoms with Gasteiger partial charge in [-0.15, -0.1) is 0 Å². The summed E-state index contributed by atoms with van der Waals surface area (Å²) in [7, 11) is 2.85. The fourth-order valence-electron chi connectivity index (χ4n) is 5.48. The first-order chi connectivity index (χ1) is 23.1. The molecule has 6 rings (SSSR count). The van der Waals surface area contributed by atoms with E-state index < -0.39 is 24.1 Å². The molecule has 48 heavy (non-hydrogen) atoms. The third kappa shape index (κ3) is 6.22. The van der Waals surface area contributed by atoms with Crippen LogP contribution in [0.3, 0.4) is 0 Å². The van der Waals surface area contributed by atoms with Crippen molar-refractivity contribution in [3.05, 3.63) is 132 Å². The molecule has 1 aliphatic rings. The number of nitrogens with zero attached hydrogens (tertiary/aromatic N) is 4. The van der Waals surface area contributed by atoms with Crippen molar-refractivity contribution in [2.75, 3.05) is 14.2 Å². The fraction of sp³-hybridized carbons (Fsp3) is 0.194. The molecule has 0 saturated carbocycles. The zero-order valence-corrected chi connectivity index (χ0v) is 28.3. The number of para-hydroxylation sites is 1. The van der Waals surface area contributed by atoms with Crippen LogP contribution in [0.15, 0.2) is 100 Å². The Morgan fingerprint density at radius 2 is 1.73 bits per heavy atom. The number of rotatable bonds is 8. The number of carbonyl (C=O) groups excluding carboxylic acids is 2. The molecule has 3 heterocycles. The summed E-state index contributed by atoms with van der Waals surface area (Å²) < 4.78 is 19.4. The standard InChI is InChI=1S/C36H31ClN4O6S/c1-20(2)47-35(44)30-21(3)38-36-41(32(30)22-11-13-23(14-12-22)34(43)46-5)33(42)29(48-36)18-25-19-40(26-9-7-6-8-10-26)39-31(25)24-15-16-28(45-4)27(37)17-24/h6-20,32H,1-5H3. The van der Waals surface area contributed by atoms with Crippen molar-refractivity contribution in [3.63, 3.8) is 0 Å². The van der Waals surface area contributed by atoms with Crippen LogP contribution < -0.4 is 19.6 Å². The molecule has 1 unspecified atom stereocenters. The minimum atomic E-state index is -0.853. The number of fused-ring (bicyclic) bond motifs is 1. The second-order valence-electron chi connectivity index (χ2n) is 11.2. The first kappa shape index (κ1) is 32.7. The Bertz CT molecular complexity index is 2250. The molecule has 1 aliphatic heterocycles. The maximum absolute atomic E-state index is 14.4. The lowest BCUT2D eigenvalue weighted by atomic mass is 9.95. The van der Waals surface area contributed by atoms with Gasteiger partial charge in [-0.2, -0.15) is 5.10 Å². The molecule has 1 atom stereocenters. The number of benzene rings is 3. The summed E-state index contributed by atoms with van der Waals surface area (Å²) in [6, 6.07) is 20.8. The Labute approximate surface area is 284 Å². The summed E-state index contributed by atoms with van der Waals surface area (Å²) in [5.41, 5.74) is 4.08. The summed E-state index contributed by atoms with van der Waals surface area (Å²) in [6.07, 6.45) is 3.23. The van der Waals surface area contributed by atoms with Gasteiger partial charge in [0.2, 0.25) is 0 Å². The molecule has 5 aromatic rings. The Morgan fingerprint density at radius 1 is 1.00 bits per heavy atom. The summed E-state index contributed by atoms with van der Waals surface area (Å²) in [6.45, 7) is 5.23. The van der Waals surface area contributed by atoms with E-state index in [0.29, 0.717) is 48.2 Å². The van der Waals surface area contributed by atoms with Gasteiger partial charge in [0.15, 0.2) is 4.80 Å². The smallest absolute Gasteiger partial charge is 0.338 e. The predicted octanol–water partition coefficient (Wildman–Crippen LogP) is 5.49. The van der Waals surface area contributed by atoms with Crippen molar-refractivity contribution in [2.45, 2.75) is 32.9 Å². The fourth-order valence-corrected chi connectivity index (χ4v) is 6.78. The van der Waals surface area contributed by atoms with Crippen molar-refractivity contribution in [3.8, 4) is 22.7 Å². The summed E-state index contributed by atoms with van der Waals surface area (Å²) in [5.74, 6) is -0.549. The van der Waals surface area contributed by atoms with Crippen LogP contribution in [0.5, 0.6) is 5.75 Å². The van der Waals surface area contributed by atoms with Crippen molar-refractivity contribution in [1.82, 2.24) is 14.3 Å². The van der Waals surface area contributed by atoms with E-state index in [2.05, 4.69) is 0 Å². The lowest BCUT2D eigenvalue weighted by Crippen LogP contribution is -2.40. The Kier molecular flexibility index (Phi) is 9.16. The van der Waals surface area contributed by atoms with Crippen LogP contribution in [-0.4, -0.2) is 46.6 Å². The highest BCUT2D eigenvalue weighted by Gasteiger charge is 2.34. The average Bonchev–Trinajstić information content (AvgIpc) is 3.64. The van der Waals surface area contributed by atoms with Gasteiger partial charge in [-0.05, 0) is 74.9 Å². The number of ether oxygens (including phenoxy) is 3. The van der Waals surface area contributed by atoms with Crippen LogP contribution in [0.1, 0.15) is 48.3 Å². The van der Waals surface area contributed by atoms with Crippen LogP contribution in [0, 0.1) is 0 Å². The van der Waals surface area contributed by atoms with E-state index in [1.54, 1.807) is 75.0 Å². The van der Waals surface area contributed by atoms with Crippen LogP contribution >= 0.6 is 22.9 Å². The van der Waals surface area contributed by atoms with E-state index in [9.17, 15) is 14.4 Å². The molecule has 0 N–H and O–H groups in total. The summed E-state index contributed by atoms with van der Waals surface area (Å²) in [5, 5.41) is 5.29. The number of allylic oxidation sites excluding steroid dienone is 1. The zero-order chi connectivity index (χ0) is 34.1. The van der Waals surface area contributed by atoms with Gasteiger partial charge in [-0.3, -0.25) is 9.36 Å². The molecular formula is C36H31ClN4O6S.